The molecule has 1 aliphatic rings. The molecule has 1 aromatic carbocycles. The maximum absolute atomic E-state index is 9.64. The molecule has 2 aromatic rings. The number of hydrogen-bond acceptors (Lipinski definition) is 3. The zero-order chi connectivity index (χ0) is 16.9. The van der Waals surface area contributed by atoms with E-state index >= 15 is 0 Å². The number of methoxy groups -OCH3 is 2. The van der Waals surface area contributed by atoms with Crippen molar-refractivity contribution < 1.29 is 14.6 Å². The van der Waals surface area contributed by atoms with Gasteiger partial charge >= 0.3 is 0 Å². The van der Waals surface area contributed by atoms with Gasteiger partial charge in [-0.05, 0) is 55.4 Å². The van der Waals surface area contributed by atoms with Crippen LogP contribution >= 0.6 is 0 Å². The normalized spacial score (nSPS) is 20.8. The average Bonchev–Trinajstić information content (AvgIpc) is 3.06. The largest absolute Gasteiger partial charge is 0.506 e. The van der Waals surface area contributed by atoms with Gasteiger partial charge in [0, 0.05) is 18.4 Å². The zero-order valence-corrected chi connectivity index (χ0v) is 14.6. The molecule has 0 aliphatic heterocycles. The smallest absolute Gasteiger partial charge is 0.160 e. The van der Waals surface area contributed by atoms with Crippen molar-refractivity contribution in [1.29, 1.82) is 0 Å². The van der Waals surface area contributed by atoms with Gasteiger partial charge in [0.1, 0.15) is 5.75 Å². The number of aromatic nitrogens is 1. The molecular formula is C20H27NO3. The summed E-state index contributed by atoms with van der Waals surface area (Å²) in [5.74, 6) is 2.59. The molecule has 1 aromatic heterocycles. The van der Waals surface area contributed by atoms with E-state index in [-0.39, 0.29) is 0 Å². The molecule has 0 bridgehead atoms. The lowest BCUT2D eigenvalue weighted by Gasteiger charge is -2.33. The molecule has 0 saturated heterocycles. The van der Waals surface area contributed by atoms with Crippen molar-refractivity contribution in [1.82, 2.24) is 4.57 Å². The minimum Gasteiger partial charge on any atom is -0.506 e. The second-order valence-electron chi connectivity index (χ2n) is 6.66. The fourth-order valence-corrected chi connectivity index (χ4v) is 3.91. The number of benzene rings is 1. The maximum atomic E-state index is 9.64. The summed E-state index contributed by atoms with van der Waals surface area (Å²) >= 11 is 0. The molecule has 1 fully saturated rings. The summed E-state index contributed by atoms with van der Waals surface area (Å²) in [6.07, 6.45) is 11.1. The first-order valence-electron chi connectivity index (χ1n) is 8.78. The van der Waals surface area contributed by atoms with Crippen molar-refractivity contribution in [2.75, 3.05) is 14.2 Å². The number of ether oxygens (including phenoxy) is 2. The van der Waals surface area contributed by atoms with E-state index in [1.165, 1.54) is 31.2 Å². The molecule has 1 saturated carbocycles. The van der Waals surface area contributed by atoms with Crippen LogP contribution in [0, 0.1) is 5.92 Å². The monoisotopic (exact) mass is 329 g/mol. The van der Waals surface area contributed by atoms with Crippen LogP contribution in [0.5, 0.6) is 17.2 Å². The van der Waals surface area contributed by atoms with Crippen LogP contribution in [-0.4, -0.2) is 23.9 Å². The molecule has 4 heteroatoms. The molecule has 2 atom stereocenters. The zero-order valence-electron chi connectivity index (χ0n) is 14.6. The third kappa shape index (κ3) is 3.69. The average molecular weight is 329 g/mol. The summed E-state index contributed by atoms with van der Waals surface area (Å²) in [4.78, 5) is 0. The predicted octanol–water partition coefficient (Wildman–Crippen LogP) is 4.58. The molecule has 3 rings (SSSR count). The second kappa shape index (κ2) is 7.65. The van der Waals surface area contributed by atoms with Crippen LogP contribution in [0.2, 0.25) is 0 Å². The summed E-state index contributed by atoms with van der Waals surface area (Å²) in [7, 11) is 3.34. The van der Waals surface area contributed by atoms with Crippen LogP contribution in [-0.2, 0) is 6.42 Å². The molecule has 0 unspecified atom stereocenters. The Labute approximate surface area is 144 Å². The lowest BCUT2D eigenvalue weighted by molar-refractivity contribution is 0.226. The van der Waals surface area contributed by atoms with Gasteiger partial charge in [0.25, 0.3) is 0 Å². The molecular weight excluding hydrogens is 302 g/mol. The van der Waals surface area contributed by atoms with Gasteiger partial charge < -0.3 is 19.1 Å². The fourth-order valence-electron chi connectivity index (χ4n) is 3.91. The number of hydrogen-bond donors (Lipinski definition) is 1. The van der Waals surface area contributed by atoms with Gasteiger partial charge in [-0.15, -0.1) is 0 Å². The van der Waals surface area contributed by atoms with Crippen molar-refractivity contribution in [3.05, 3.63) is 42.2 Å². The molecule has 0 amide bonds. The number of aryl methyl sites for hydroxylation is 1. The summed E-state index contributed by atoms with van der Waals surface area (Å²) < 4.78 is 12.9. The van der Waals surface area contributed by atoms with E-state index in [0.717, 1.165) is 24.3 Å². The molecule has 4 nitrogen and oxygen atoms in total. The number of rotatable bonds is 6. The van der Waals surface area contributed by atoms with E-state index < -0.39 is 0 Å². The van der Waals surface area contributed by atoms with Crippen molar-refractivity contribution in [2.45, 2.75) is 44.6 Å². The second-order valence-corrected chi connectivity index (χ2v) is 6.66. The van der Waals surface area contributed by atoms with Gasteiger partial charge in [-0.3, -0.25) is 0 Å². The molecule has 0 radical (unpaired) electrons. The SMILES string of the molecule is COc1ccc(CC[C@H]2CCCC[C@H]2n2ccc(O)c2)cc1OC. The molecule has 1 aliphatic carbocycles. The van der Waals surface area contributed by atoms with Crippen LogP contribution < -0.4 is 9.47 Å². The maximum Gasteiger partial charge on any atom is 0.160 e. The molecule has 130 valence electrons. The Morgan fingerprint density at radius 1 is 1.08 bits per heavy atom. The highest BCUT2D eigenvalue weighted by Crippen LogP contribution is 2.38. The lowest BCUT2D eigenvalue weighted by Crippen LogP contribution is -2.23. The predicted molar refractivity (Wildman–Crippen MR) is 95.0 cm³/mol. The highest BCUT2D eigenvalue weighted by atomic mass is 16.5. The first-order valence-corrected chi connectivity index (χ1v) is 8.78. The van der Waals surface area contributed by atoms with E-state index in [0.29, 0.717) is 17.7 Å². The Morgan fingerprint density at radius 3 is 2.58 bits per heavy atom. The number of nitrogens with zero attached hydrogens (tertiary/aromatic N) is 1. The van der Waals surface area contributed by atoms with E-state index in [1.807, 2.05) is 18.5 Å². The van der Waals surface area contributed by atoms with Gasteiger partial charge in [-0.25, -0.2) is 0 Å². The molecule has 1 N–H and O–H groups in total. The van der Waals surface area contributed by atoms with E-state index in [4.69, 9.17) is 9.47 Å². The van der Waals surface area contributed by atoms with E-state index in [1.54, 1.807) is 20.3 Å². The summed E-state index contributed by atoms with van der Waals surface area (Å²) in [5.41, 5.74) is 1.28. The Hall–Kier alpha value is -2.10. The standard InChI is InChI=1S/C20H27NO3/c1-23-19-10-8-15(13-20(19)24-2)7-9-16-5-3-4-6-18(16)21-12-11-17(22)14-21/h8,10-14,16,18,22H,3-7,9H2,1-2H3/t16-,18-/m1/s1. The van der Waals surface area contributed by atoms with Crippen LogP contribution in [0.25, 0.3) is 0 Å². The first kappa shape index (κ1) is 16.7. The van der Waals surface area contributed by atoms with Gasteiger partial charge in [0.15, 0.2) is 11.5 Å². The van der Waals surface area contributed by atoms with Gasteiger partial charge in [0.2, 0.25) is 0 Å². The van der Waals surface area contributed by atoms with Crippen molar-refractivity contribution in [2.24, 2.45) is 5.92 Å². The minimum atomic E-state index is 0.360. The molecule has 0 spiro atoms. The Balaban J connectivity index is 1.68. The van der Waals surface area contributed by atoms with Crippen LogP contribution in [0.1, 0.15) is 43.7 Å². The van der Waals surface area contributed by atoms with Crippen LogP contribution in [0.4, 0.5) is 0 Å². The van der Waals surface area contributed by atoms with Crippen LogP contribution in [0.15, 0.2) is 36.7 Å². The quantitative estimate of drug-likeness (QED) is 0.844. The minimum absolute atomic E-state index is 0.360. The van der Waals surface area contributed by atoms with E-state index in [9.17, 15) is 5.11 Å². The lowest BCUT2D eigenvalue weighted by atomic mass is 9.81. The highest BCUT2D eigenvalue weighted by molar-refractivity contribution is 5.42. The van der Waals surface area contributed by atoms with E-state index in [2.05, 4.69) is 16.7 Å². The molecule has 24 heavy (non-hydrogen) atoms. The van der Waals surface area contributed by atoms with Gasteiger partial charge in [0.05, 0.1) is 14.2 Å². The number of aromatic hydroxyl groups is 1. The fraction of sp³-hybridized carbons (Fsp3) is 0.500. The van der Waals surface area contributed by atoms with Crippen molar-refractivity contribution in [3.63, 3.8) is 0 Å². The van der Waals surface area contributed by atoms with Crippen molar-refractivity contribution >= 4 is 0 Å². The van der Waals surface area contributed by atoms with Crippen molar-refractivity contribution in [3.8, 4) is 17.2 Å². The first-order chi connectivity index (χ1) is 11.7. The topological polar surface area (TPSA) is 43.6 Å². The highest BCUT2D eigenvalue weighted by Gasteiger charge is 2.26. The third-order valence-corrected chi connectivity index (χ3v) is 5.20. The molecule has 1 heterocycles. The summed E-state index contributed by atoms with van der Waals surface area (Å²) in [5, 5.41) is 9.64. The van der Waals surface area contributed by atoms with Crippen LogP contribution in [0.3, 0.4) is 0 Å². The third-order valence-electron chi connectivity index (χ3n) is 5.20. The Morgan fingerprint density at radius 2 is 1.88 bits per heavy atom. The Kier molecular flexibility index (Phi) is 5.34. The summed E-state index contributed by atoms with van der Waals surface area (Å²) in [6.45, 7) is 0. The van der Waals surface area contributed by atoms with Gasteiger partial charge in [-0.1, -0.05) is 18.9 Å². The summed E-state index contributed by atoms with van der Waals surface area (Å²) in [6, 6.07) is 8.47. The Bertz CT molecular complexity index is 665. The van der Waals surface area contributed by atoms with Gasteiger partial charge in [-0.2, -0.15) is 0 Å².